The first-order chi connectivity index (χ1) is 13.8. The smallest absolute Gasteiger partial charge is 0.254 e. The van der Waals surface area contributed by atoms with Gasteiger partial charge in [0.15, 0.2) is 5.78 Å². The molecule has 0 aliphatic heterocycles. The van der Waals surface area contributed by atoms with E-state index in [9.17, 15) is 9.59 Å². The Kier molecular flexibility index (Phi) is 5.97. The highest BCUT2D eigenvalue weighted by molar-refractivity contribution is 6.15. The van der Waals surface area contributed by atoms with Crippen LogP contribution >= 0.6 is 0 Å². The van der Waals surface area contributed by atoms with Gasteiger partial charge in [-0.1, -0.05) is 48.0 Å². The second-order valence-corrected chi connectivity index (χ2v) is 7.37. The van der Waals surface area contributed by atoms with Gasteiger partial charge in [-0.2, -0.15) is 5.10 Å². The third-order valence-corrected chi connectivity index (χ3v) is 5.29. The summed E-state index contributed by atoms with van der Waals surface area (Å²) in [6.07, 6.45) is 0. The van der Waals surface area contributed by atoms with Gasteiger partial charge in [-0.15, -0.1) is 0 Å². The molecule has 0 atom stereocenters. The molecule has 0 aliphatic carbocycles. The molecule has 3 rings (SSSR count). The molecule has 5 heteroatoms. The lowest BCUT2D eigenvalue weighted by atomic mass is 9.97. The molecule has 150 valence electrons. The molecule has 5 nitrogen and oxygen atoms in total. The van der Waals surface area contributed by atoms with Gasteiger partial charge in [-0.3, -0.25) is 14.3 Å². The van der Waals surface area contributed by atoms with Crippen molar-refractivity contribution in [1.29, 1.82) is 0 Å². The highest BCUT2D eigenvalue weighted by Crippen LogP contribution is 2.20. The number of benzene rings is 2. The van der Waals surface area contributed by atoms with Gasteiger partial charge >= 0.3 is 0 Å². The summed E-state index contributed by atoms with van der Waals surface area (Å²) >= 11 is 0. The summed E-state index contributed by atoms with van der Waals surface area (Å²) in [7, 11) is 1.76. The Morgan fingerprint density at radius 1 is 0.966 bits per heavy atom. The molecule has 0 unspecified atom stereocenters. The van der Waals surface area contributed by atoms with Gasteiger partial charge < -0.3 is 4.90 Å². The molecule has 0 radical (unpaired) electrons. The normalized spacial score (nSPS) is 10.8. The summed E-state index contributed by atoms with van der Waals surface area (Å²) in [6, 6.07) is 14.4. The fraction of sp³-hybridized carbons (Fsp3) is 0.292. The average Bonchev–Trinajstić information content (AvgIpc) is 3.00. The van der Waals surface area contributed by atoms with Crippen molar-refractivity contribution in [2.75, 3.05) is 7.05 Å². The Morgan fingerprint density at radius 3 is 2.17 bits per heavy atom. The first-order valence-electron chi connectivity index (χ1n) is 9.82. The van der Waals surface area contributed by atoms with Gasteiger partial charge in [0.2, 0.25) is 0 Å². The van der Waals surface area contributed by atoms with Crippen LogP contribution in [0.2, 0.25) is 0 Å². The molecule has 1 aromatic heterocycles. The highest BCUT2D eigenvalue weighted by atomic mass is 16.2. The lowest BCUT2D eigenvalue weighted by Crippen LogP contribution is -2.28. The number of nitrogens with zero attached hydrogens (tertiary/aromatic N) is 3. The van der Waals surface area contributed by atoms with E-state index < -0.39 is 0 Å². The minimum Gasteiger partial charge on any atom is -0.337 e. The van der Waals surface area contributed by atoms with Crippen molar-refractivity contribution in [1.82, 2.24) is 14.7 Å². The fourth-order valence-corrected chi connectivity index (χ4v) is 3.51. The summed E-state index contributed by atoms with van der Waals surface area (Å²) < 4.78 is 1.94. The molecule has 0 aliphatic rings. The van der Waals surface area contributed by atoms with Crippen molar-refractivity contribution in [3.8, 4) is 0 Å². The monoisotopic (exact) mass is 389 g/mol. The first kappa shape index (κ1) is 20.5. The van der Waals surface area contributed by atoms with Crippen LogP contribution in [0.25, 0.3) is 0 Å². The zero-order chi connectivity index (χ0) is 21.1. The van der Waals surface area contributed by atoms with Crippen LogP contribution in [0.5, 0.6) is 0 Å². The summed E-state index contributed by atoms with van der Waals surface area (Å²) in [6.45, 7) is 9.24. The molecule has 0 fully saturated rings. The van der Waals surface area contributed by atoms with Crippen molar-refractivity contribution in [2.45, 2.75) is 40.8 Å². The summed E-state index contributed by atoms with van der Waals surface area (Å²) in [5, 5.41) is 4.53. The predicted octanol–water partition coefficient (Wildman–Crippen LogP) is 4.33. The van der Waals surface area contributed by atoms with Crippen molar-refractivity contribution in [3.05, 3.63) is 87.7 Å². The second-order valence-electron chi connectivity index (χ2n) is 7.37. The SMILES string of the molecule is CCn1nc(C)c(CN(C)C(=O)c2ccccc2C(=O)c2ccc(C)cc2)c1C. The molecular weight excluding hydrogens is 362 g/mol. The number of ketones is 1. The number of rotatable bonds is 6. The molecule has 0 saturated heterocycles. The quantitative estimate of drug-likeness (QED) is 0.590. The number of hydrogen-bond donors (Lipinski definition) is 0. The fourth-order valence-electron chi connectivity index (χ4n) is 3.51. The van der Waals surface area contributed by atoms with Gasteiger partial charge in [0.05, 0.1) is 11.3 Å². The van der Waals surface area contributed by atoms with E-state index in [0.717, 1.165) is 29.1 Å². The Bertz CT molecular complexity index is 1050. The maximum Gasteiger partial charge on any atom is 0.254 e. The number of amides is 1. The van der Waals surface area contributed by atoms with E-state index in [1.54, 1.807) is 48.3 Å². The molecule has 29 heavy (non-hydrogen) atoms. The van der Waals surface area contributed by atoms with E-state index in [1.165, 1.54) is 0 Å². The third kappa shape index (κ3) is 4.14. The zero-order valence-electron chi connectivity index (χ0n) is 17.7. The minimum atomic E-state index is -0.177. The van der Waals surface area contributed by atoms with E-state index in [-0.39, 0.29) is 11.7 Å². The molecule has 0 bridgehead atoms. The molecule has 1 amide bonds. The molecule has 0 spiro atoms. The molecule has 2 aromatic carbocycles. The predicted molar refractivity (Wildman–Crippen MR) is 114 cm³/mol. The number of hydrogen-bond acceptors (Lipinski definition) is 3. The van der Waals surface area contributed by atoms with Crippen LogP contribution < -0.4 is 0 Å². The third-order valence-electron chi connectivity index (χ3n) is 5.29. The second kappa shape index (κ2) is 8.43. The van der Waals surface area contributed by atoms with E-state index in [2.05, 4.69) is 5.10 Å². The average molecular weight is 389 g/mol. The minimum absolute atomic E-state index is 0.145. The van der Waals surface area contributed by atoms with Crippen LogP contribution in [0.15, 0.2) is 48.5 Å². The summed E-state index contributed by atoms with van der Waals surface area (Å²) in [4.78, 5) is 27.9. The topological polar surface area (TPSA) is 55.2 Å². The largest absolute Gasteiger partial charge is 0.337 e. The van der Waals surface area contributed by atoms with Crippen LogP contribution in [-0.2, 0) is 13.1 Å². The Hall–Kier alpha value is -3.21. The van der Waals surface area contributed by atoms with Crippen molar-refractivity contribution in [3.63, 3.8) is 0 Å². The Morgan fingerprint density at radius 2 is 1.59 bits per heavy atom. The standard InChI is InChI=1S/C24H27N3O2/c1-6-27-18(4)22(17(3)25-27)15-26(5)24(29)21-10-8-7-9-20(21)23(28)19-13-11-16(2)12-14-19/h7-14H,6,15H2,1-5H3. The molecule has 1 heterocycles. The number of carbonyl (C=O) groups excluding carboxylic acids is 2. The van der Waals surface area contributed by atoms with Gasteiger partial charge in [0.25, 0.3) is 5.91 Å². The van der Waals surface area contributed by atoms with Gasteiger partial charge in [-0.25, -0.2) is 0 Å². The van der Waals surface area contributed by atoms with Gasteiger partial charge in [-0.05, 0) is 33.8 Å². The number of aromatic nitrogens is 2. The van der Waals surface area contributed by atoms with E-state index in [1.807, 2.05) is 44.5 Å². The van der Waals surface area contributed by atoms with Crippen molar-refractivity contribution >= 4 is 11.7 Å². The lowest BCUT2D eigenvalue weighted by molar-refractivity contribution is 0.0780. The number of aryl methyl sites for hydroxylation is 3. The van der Waals surface area contributed by atoms with Crippen molar-refractivity contribution < 1.29 is 9.59 Å². The zero-order valence-corrected chi connectivity index (χ0v) is 17.7. The lowest BCUT2D eigenvalue weighted by Gasteiger charge is -2.19. The first-order valence-corrected chi connectivity index (χ1v) is 9.82. The van der Waals surface area contributed by atoms with E-state index >= 15 is 0 Å². The Labute approximate surface area is 172 Å². The summed E-state index contributed by atoms with van der Waals surface area (Å²) in [5.74, 6) is -0.322. The highest BCUT2D eigenvalue weighted by Gasteiger charge is 2.22. The van der Waals surface area contributed by atoms with Crippen LogP contribution in [-0.4, -0.2) is 33.4 Å². The van der Waals surface area contributed by atoms with Crippen LogP contribution in [0.3, 0.4) is 0 Å². The van der Waals surface area contributed by atoms with Crippen LogP contribution in [0, 0.1) is 20.8 Å². The molecule has 3 aromatic rings. The van der Waals surface area contributed by atoms with Gasteiger partial charge in [0, 0.05) is 42.5 Å². The van der Waals surface area contributed by atoms with Crippen LogP contribution in [0.4, 0.5) is 0 Å². The van der Waals surface area contributed by atoms with Gasteiger partial charge in [0.1, 0.15) is 0 Å². The van der Waals surface area contributed by atoms with E-state index in [4.69, 9.17) is 0 Å². The van der Waals surface area contributed by atoms with Crippen LogP contribution in [0.1, 0.15) is 55.7 Å². The molecule has 0 N–H and O–H groups in total. The maximum atomic E-state index is 13.2. The van der Waals surface area contributed by atoms with E-state index in [0.29, 0.717) is 23.2 Å². The summed E-state index contributed by atoms with van der Waals surface area (Å²) in [5.41, 5.74) is 5.54. The molecular formula is C24H27N3O2. The maximum absolute atomic E-state index is 13.2. The Balaban J connectivity index is 1.89. The number of carbonyl (C=O) groups is 2. The molecule has 0 saturated carbocycles. The van der Waals surface area contributed by atoms with Crippen molar-refractivity contribution in [2.24, 2.45) is 0 Å².